The van der Waals surface area contributed by atoms with Gasteiger partial charge in [-0.05, 0) is 73.6 Å². The third-order valence-electron chi connectivity index (χ3n) is 8.46. The van der Waals surface area contributed by atoms with Crippen LogP contribution in [0.15, 0.2) is 30.4 Å². The van der Waals surface area contributed by atoms with Gasteiger partial charge in [0, 0.05) is 17.9 Å². The van der Waals surface area contributed by atoms with Gasteiger partial charge in [-0.3, -0.25) is 0 Å². The molecule has 2 nitrogen and oxygen atoms in total. The number of methoxy groups -OCH3 is 2. The predicted octanol–water partition coefficient (Wildman–Crippen LogP) is 4.88. The van der Waals surface area contributed by atoms with Crippen molar-refractivity contribution >= 4 is 0 Å². The summed E-state index contributed by atoms with van der Waals surface area (Å²) >= 11 is 0. The number of hydrogen-bond acceptors (Lipinski definition) is 2. The summed E-state index contributed by atoms with van der Waals surface area (Å²) in [4.78, 5) is 0. The molecule has 4 aliphatic carbocycles. The minimum absolute atomic E-state index is 0.00183. The van der Waals surface area contributed by atoms with Gasteiger partial charge in [-0.2, -0.15) is 0 Å². The Labute approximate surface area is 145 Å². The van der Waals surface area contributed by atoms with Crippen LogP contribution >= 0.6 is 0 Å². The summed E-state index contributed by atoms with van der Waals surface area (Å²) in [5.74, 6) is 2.49. The monoisotopic (exact) mass is 324 g/mol. The molecule has 0 N–H and O–H groups in total. The third-order valence-corrected chi connectivity index (χ3v) is 8.46. The fourth-order valence-electron chi connectivity index (χ4n) is 7.15. The molecule has 2 heteroatoms. The summed E-state index contributed by atoms with van der Waals surface area (Å²) in [6, 6.07) is 6.78. The molecule has 5 rings (SSSR count). The Hall–Kier alpha value is -1.28. The Bertz CT molecular complexity index is 723. The zero-order valence-corrected chi connectivity index (χ0v) is 15.1. The van der Waals surface area contributed by atoms with Gasteiger partial charge < -0.3 is 9.47 Å². The number of ether oxygens (including phenoxy) is 2. The molecule has 1 aromatic rings. The second-order valence-electron chi connectivity index (χ2n) is 8.65. The largest absolute Gasteiger partial charge is 0.497 e. The molecule has 0 spiro atoms. The second-order valence-corrected chi connectivity index (χ2v) is 8.65. The molecule has 2 bridgehead atoms. The van der Waals surface area contributed by atoms with Crippen LogP contribution < -0.4 is 4.74 Å². The van der Waals surface area contributed by atoms with E-state index in [1.54, 1.807) is 12.7 Å². The van der Waals surface area contributed by atoms with E-state index in [9.17, 15) is 0 Å². The molecule has 2 saturated carbocycles. The summed E-state index contributed by atoms with van der Waals surface area (Å²) < 4.78 is 11.6. The third kappa shape index (κ3) is 1.48. The summed E-state index contributed by atoms with van der Waals surface area (Å²) in [5.41, 5.74) is 3.76. The summed E-state index contributed by atoms with van der Waals surface area (Å²) in [7, 11) is 3.69. The van der Waals surface area contributed by atoms with Gasteiger partial charge in [0.15, 0.2) is 0 Å². The number of hydrogen-bond donors (Lipinski definition) is 0. The fourth-order valence-corrected chi connectivity index (χ4v) is 7.15. The highest BCUT2D eigenvalue weighted by molar-refractivity contribution is 5.44. The van der Waals surface area contributed by atoms with Crippen molar-refractivity contribution in [3.63, 3.8) is 0 Å². The molecule has 0 radical (unpaired) electrons. The van der Waals surface area contributed by atoms with Gasteiger partial charge in [-0.15, -0.1) is 0 Å². The van der Waals surface area contributed by atoms with E-state index in [0.717, 1.165) is 11.7 Å². The molecular formula is C22H28O2. The number of fused-ring (bicyclic) bond motifs is 3. The van der Waals surface area contributed by atoms with Gasteiger partial charge in [-0.1, -0.05) is 25.1 Å². The van der Waals surface area contributed by atoms with Crippen LogP contribution in [-0.2, 0) is 11.2 Å². The summed E-state index contributed by atoms with van der Waals surface area (Å²) in [5, 5.41) is 0. The summed E-state index contributed by atoms with van der Waals surface area (Å²) in [6.45, 7) is 2.52. The lowest BCUT2D eigenvalue weighted by molar-refractivity contribution is -0.106. The lowest BCUT2D eigenvalue weighted by atomic mass is 9.48. The normalized spacial score (nSPS) is 44.8. The molecule has 2 fully saturated rings. The molecule has 3 unspecified atom stereocenters. The van der Waals surface area contributed by atoms with Crippen molar-refractivity contribution in [3.05, 3.63) is 41.5 Å². The minimum Gasteiger partial charge on any atom is -0.497 e. The first kappa shape index (κ1) is 15.0. The first-order valence-electron chi connectivity index (χ1n) is 9.51. The maximum absolute atomic E-state index is 6.13. The second kappa shape index (κ2) is 4.66. The molecule has 0 aromatic heterocycles. The zero-order valence-electron chi connectivity index (χ0n) is 15.1. The molecule has 1 aromatic carbocycles. The zero-order chi connectivity index (χ0) is 16.6. The van der Waals surface area contributed by atoms with Crippen LogP contribution in [0.1, 0.15) is 56.1 Å². The molecule has 0 saturated heterocycles. The number of aryl methyl sites for hydroxylation is 1. The highest BCUT2D eigenvalue weighted by Gasteiger charge is 2.71. The van der Waals surface area contributed by atoms with Crippen LogP contribution in [-0.4, -0.2) is 19.8 Å². The number of rotatable bonds is 2. The van der Waals surface area contributed by atoms with Crippen molar-refractivity contribution in [1.82, 2.24) is 0 Å². The predicted molar refractivity (Wildman–Crippen MR) is 95.4 cm³/mol. The fraction of sp³-hybridized carbons (Fsp3) is 0.636. The van der Waals surface area contributed by atoms with E-state index in [1.807, 2.05) is 7.11 Å². The van der Waals surface area contributed by atoms with Crippen LogP contribution in [0.5, 0.6) is 5.75 Å². The lowest BCUT2D eigenvalue weighted by Gasteiger charge is -2.57. The highest BCUT2D eigenvalue weighted by atomic mass is 16.5. The molecule has 24 heavy (non-hydrogen) atoms. The van der Waals surface area contributed by atoms with Gasteiger partial charge in [0.05, 0.1) is 12.7 Å². The van der Waals surface area contributed by atoms with Crippen molar-refractivity contribution in [2.75, 3.05) is 14.2 Å². The van der Waals surface area contributed by atoms with Gasteiger partial charge >= 0.3 is 0 Å². The van der Waals surface area contributed by atoms with E-state index >= 15 is 0 Å². The van der Waals surface area contributed by atoms with Gasteiger partial charge in [-0.25, -0.2) is 0 Å². The maximum Gasteiger partial charge on any atom is 0.119 e. The highest BCUT2D eigenvalue weighted by Crippen LogP contribution is 2.75. The first-order valence-corrected chi connectivity index (χ1v) is 9.51. The Balaban J connectivity index is 1.59. The van der Waals surface area contributed by atoms with Crippen molar-refractivity contribution in [1.29, 1.82) is 0 Å². The molecule has 128 valence electrons. The standard InChI is InChI=1S/C22H28O2/c1-20-9-8-18-17-6-5-16(23-2)14-15(17)4-7-19(18)21(20)10-12-22(20,24-3)13-11-21/h5-6,10,12,14,18-19H,4,7-9,11,13H2,1-3H3/t18?,19?,20-,21?,22+/m0/s1. The lowest BCUT2D eigenvalue weighted by Crippen LogP contribution is -2.53. The van der Waals surface area contributed by atoms with Crippen LogP contribution in [0.4, 0.5) is 0 Å². The minimum atomic E-state index is -0.00183. The Morgan fingerprint density at radius 1 is 1.04 bits per heavy atom. The van der Waals surface area contributed by atoms with E-state index in [1.165, 1.54) is 44.1 Å². The van der Waals surface area contributed by atoms with Crippen LogP contribution in [0.25, 0.3) is 0 Å². The van der Waals surface area contributed by atoms with Crippen LogP contribution in [0.3, 0.4) is 0 Å². The van der Waals surface area contributed by atoms with Crippen molar-refractivity contribution in [3.8, 4) is 5.75 Å². The van der Waals surface area contributed by atoms with E-state index in [4.69, 9.17) is 9.47 Å². The van der Waals surface area contributed by atoms with E-state index < -0.39 is 0 Å². The quantitative estimate of drug-likeness (QED) is 0.722. The van der Waals surface area contributed by atoms with Crippen molar-refractivity contribution in [2.45, 2.75) is 57.0 Å². The smallest absolute Gasteiger partial charge is 0.119 e. The molecule has 0 heterocycles. The number of allylic oxidation sites excluding steroid dienone is 1. The first-order chi connectivity index (χ1) is 11.6. The van der Waals surface area contributed by atoms with Gasteiger partial charge in [0.25, 0.3) is 0 Å². The molecule has 0 amide bonds. The van der Waals surface area contributed by atoms with E-state index in [2.05, 4.69) is 37.3 Å². The van der Waals surface area contributed by atoms with Crippen LogP contribution in [0, 0.1) is 16.7 Å². The van der Waals surface area contributed by atoms with Gasteiger partial charge in [0.2, 0.25) is 0 Å². The topological polar surface area (TPSA) is 18.5 Å². The Kier molecular flexibility index (Phi) is 2.92. The molecule has 5 atom stereocenters. The molecule has 4 aliphatic rings. The maximum atomic E-state index is 6.13. The average molecular weight is 324 g/mol. The Morgan fingerprint density at radius 2 is 1.92 bits per heavy atom. The SMILES string of the molecule is COc1ccc2c(c1)CCC1C2CC[C@@]2(C)C13C=C[C@@]2(OC)CC3. The average Bonchev–Trinajstić information content (AvgIpc) is 3.05. The molecular weight excluding hydrogens is 296 g/mol. The van der Waals surface area contributed by atoms with E-state index in [-0.39, 0.29) is 5.60 Å². The van der Waals surface area contributed by atoms with E-state index in [0.29, 0.717) is 16.7 Å². The molecule has 0 aliphatic heterocycles. The van der Waals surface area contributed by atoms with Crippen molar-refractivity contribution < 1.29 is 9.47 Å². The van der Waals surface area contributed by atoms with Crippen LogP contribution in [0.2, 0.25) is 0 Å². The summed E-state index contributed by atoms with van der Waals surface area (Å²) in [6.07, 6.45) is 12.6. The van der Waals surface area contributed by atoms with Crippen molar-refractivity contribution in [2.24, 2.45) is 16.7 Å². The number of benzene rings is 1. The Morgan fingerprint density at radius 3 is 2.62 bits per heavy atom. The van der Waals surface area contributed by atoms with Gasteiger partial charge in [0.1, 0.15) is 5.75 Å².